The van der Waals surface area contributed by atoms with Gasteiger partial charge >= 0.3 is 0 Å². The lowest BCUT2D eigenvalue weighted by Crippen LogP contribution is -2.31. The van der Waals surface area contributed by atoms with Crippen molar-refractivity contribution in [2.75, 3.05) is 39.5 Å². The zero-order chi connectivity index (χ0) is 21.5. The Morgan fingerprint density at radius 1 is 0.967 bits per heavy atom. The smallest absolute Gasteiger partial charge is 0.204 e. The summed E-state index contributed by atoms with van der Waals surface area (Å²) >= 11 is 0. The van der Waals surface area contributed by atoms with Crippen LogP contribution in [0, 0.1) is 0 Å². The van der Waals surface area contributed by atoms with E-state index in [-0.39, 0.29) is 35.7 Å². The molecule has 0 aliphatic carbocycles. The summed E-state index contributed by atoms with van der Waals surface area (Å²) in [7, 11) is 0. The van der Waals surface area contributed by atoms with E-state index in [4.69, 9.17) is 19.4 Å². The average Bonchev–Trinajstić information content (AvgIpc) is 2.72. The Morgan fingerprint density at radius 3 is 2.33 bits per heavy atom. The van der Waals surface area contributed by atoms with Crippen molar-refractivity contribution < 1.29 is 29.6 Å². The van der Waals surface area contributed by atoms with Gasteiger partial charge < -0.3 is 29.6 Å². The number of benzene rings is 2. The highest BCUT2D eigenvalue weighted by atomic mass is 16.5. The molecule has 0 aliphatic rings. The summed E-state index contributed by atoms with van der Waals surface area (Å²) in [4.78, 5) is 14.7. The van der Waals surface area contributed by atoms with Crippen LogP contribution in [-0.4, -0.2) is 64.8 Å². The third-order valence-corrected chi connectivity index (χ3v) is 4.73. The fourth-order valence-corrected chi connectivity index (χ4v) is 3.24. The highest BCUT2D eigenvalue weighted by Crippen LogP contribution is 2.30. The molecule has 0 radical (unpaired) electrons. The van der Waals surface area contributed by atoms with Crippen LogP contribution in [0.5, 0.6) is 17.2 Å². The van der Waals surface area contributed by atoms with Crippen molar-refractivity contribution in [2.24, 2.45) is 0 Å². The number of hydrogen-bond acceptors (Lipinski definition) is 8. The average molecular weight is 415 g/mol. The third-order valence-electron chi connectivity index (χ3n) is 4.73. The van der Waals surface area contributed by atoms with Crippen LogP contribution in [-0.2, 0) is 0 Å². The molecule has 0 unspecified atom stereocenters. The number of aromatic hydroxyl groups is 2. The molecule has 0 bridgehead atoms. The van der Waals surface area contributed by atoms with Crippen LogP contribution in [0.15, 0.2) is 51.9 Å². The zero-order valence-electron chi connectivity index (χ0n) is 16.5. The van der Waals surface area contributed by atoms with Crippen molar-refractivity contribution >= 4 is 11.0 Å². The molecule has 2 aromatic carbocycles. The molecule has 0 aliphatic heterocycles. The summed E-state index contributed by atoms with van der Waals surface area (Å²) in [6.07, 6.45) is 2.04. The number of fused-ring (bicyclic) bond motifs is 1. The van der Waals surface area contributed by atoms with Gasteiger partial charge in [0.15, 0.2) is 0 Å². The first-order valence-corrected chi connectivity index (χ1v) is 9.68. The minimum absolute atomic E-state index is 0.0148. The normalized spacial score (nSPS) is 11.3. The summed E-state index contributed by atoms with van der Waals surface area (Å²) in [6.45, 7) is 2.30. The summed E-state index contributed by atoms with van der Waals surface area (Å²) in [5, 5.41) is 37.6. The second-order valence-electron chi connectivity index (χ2n) is 6.83. The van der Waals surface area contributed by atoms with Crippen LogP contribution in [0.4, 0.5) is 0 Å². The number of aliphatic hydroxyl groups excluding tert-OH is 2. The molecule has 3 rings (SSSR count). The molecule has 1 aromatic heterocycles. The van der Waals surface area contributed by atoms with Gasteiger partial charge in [-0.2, -0.15) is 0 Å². The number of phenols is 2. The second-order valence-corrected chi connectivity index (χ2v) is 6.83. The molecule has 0 spiro atoms. The first kappa shape index (κ1) is 21.6. The van der Waals surface area contributed by atoms with Crippen molar-refractivity contribution in [3.8, 4) is 28.4 Å². The number of hydrogen-bond donors (Lipinski definition) is 4. The van der Waals surface area contributed by atoms with E-state index >= 15 is 0 Å². The lowest BCUT2D eigenvalue weighted by molar-refractivity contribution is 0.153. The Hall–Kier alpha value is -3.07. The first-order chi connectivity index (χ1) is 14.5. The standard InChI is InChI=1S/C22H25NO7/c24-9-7-23(8-10-25)6-1-11-29-17-4-2-15(3-5-17)18-14-30-20-13-16(26)12-19(27)21(20)22(18)28/h2-5,12-14,24-27H,1,6-11H2. The van der Waals surface area contributed by atoms with E-state index < -0.39 is 5.43 Å². The Balaban J connectivity index is 1.66. The van der Waals surface area contributed by atoms with Gasteiger partial charge in [-0.05, 0) is 24.1 Å². The quantitative estimate of drug-likeness (QED) is 0.370. The van der Waals surface area contributed by atoms with Crippen molar-refractivity contribution in [1.29, 1.82) is 0 Å². The maximum atomic E-state index is 12.8. The SMILES string of the molecule is O=c1c(-c2ccc(OCCCN(CCO)CCO)cc2)coc2cc(O)cc(O)c12. The molecule has 0 atom stereocenters. The van der Waals surface area contributed by atoms with Gasteiger partial charge in [0.1, 0.15) is 34.5 Å². The predicted octanol–water partition coefficient (Wildman–Crippen LogP) is 1.93. The fraction of sp³-hybridized carbons (Fsp3) is 0.318. The highest BCUT2D eigenvalue weighted by Gasteiger charge is 2.14. The van der Waals surface area contributed by atoms with Crippen LogP contribution in [0.2, 0.25) is 0 Å². The monoisotopic (exact) mass is 415 g/mol. The Kier molecular flexibility index (Phi) is 7.29. The predicted molar refractivity (Wildman–Crippen MR) is 112 cm³/mol. The third kappa shape index (κ3) is 5.10. The van der Waals surface area contributed by atoms with Crippen molar-refractivity contribution in [3.05, 3.63) is 52.9 Å². The van der Waals surface area contributed by atoms with Crippen LogP contribution in [0.3, 0.4) is 0 Å². The maximum Gasteiger partial charge on any atom is 0.204 e. The summed E-state index contributed by atoms with van der Waals surface area (Å²) in [5.41, 5.74) is 0.620. The molecule has 8 nitrogen and oxygen atoms in total. The minimum Gasteiger partial charge on any atom is -0.508 e. The molecule has 0 saturated carbocycles. The van der Waals surface area contributed by atoms with E-state index in [0.717, 1.165) is 12.5 Å². The molecule has 4 N–H and O–H groups in total. The van der Waals surface area contributed by atoms with Gasteiger partial charge in [0.05, 0.1) is 25.4 Å². The number of phenolic OH excluding ortho intramolecular Hbond substituents is 2. The fourth-order valence-electron chi connectivity index (χ4n) is 3.24. The van der Waals surface area contributed by atoms with Crippen LogP contribution < -0.4 is 10.2 Å². The Morgan fingerprint density at radius 2 is 1.67 bits per heavy atom. The van der Waals surface area contributed by atoms with Gasteiger partial charge in [-0.15, -0.1) is 0 Å². The number of nitrogens with zero attached hydrogens (tertiary/aromatic N) is 1. The second kappa shape index (κ2) is 10.1. The molecule has 1 heterocycles. The zero-order valence-corrected chi connectivity index (χ0v) is 16.5. The van der Waals surface area contributed by atoms with Crippen molar-refractivity contribution in [3.63, 3.8) is 0 Å². The van der Waals surface area contributed by atoms with E-state index in [1.807, 2.05) is 4.90 Å². The van der Waals surface area contributed by atoms with Crippen LogP contribution in [0.1, 0.15) is 6.42 Å². The molecule has 8 heteroatoms. The lowest BCUT2D eigenvalue weighted by Gasteiger charge is -2.19. The van der Waals surface area contributed by atoms with Gasteiger partial charge in [0.25, 0.3) is 0 Å². The highest BCUT2D eigenvalue weighted by molar-refractivity contribution is 5.87. The molecular formula is C22H25NO7. The molecular weight excluding hydrogens is 390 g/mol. The first-order valence-electron chi connectivity index (χ1n) is 9.68. The van der Waals surface area contributed by atoms with Gasteiger partial charge in [-0.3, -0.25) is 9.69 Å². The molecule has 30 heavy (non-hydrogen) atoms. The molecule has 0 saturated heterocycles. The van der Waals surface area contributed by atoms with E-state index in [9.17, 15) is 15.0 Å². The van der Waals surface area contributed by atoms with E-state index in [0.29, 0.717) is 43.1 Å². The molecule has 0 fully saturated rings. The summed E-state index contributed by atoms with van der Waals surface area (Å²) in [6, 6.07) is 9.33. The van der Waals surface area contributed by atoms with E-state index in [1.165, 1.54) is 12.3 Å². The molecule has 160 valence electrons. The Bertz CT molecular complexity index is 1020. The summed E-state index contributed by atoms with van der Waals surface area (Å²) < 4.78 is 11.1. The van der Waals surface area contributed by atoms with Gasteiger partial charge in [0.2, 0.25) is 5.43 Å². The van der Waals surface area contributed by atoms with Crippen molar-refractivity contribution in [1.82, 2.24) is 4.90 Å². The molecule has 0 amide bonds. The number of ether oxygens (including phenoxy) is 1. The topological polar surface area (TPSA) is 124 Å². The Labute approximate surface area is 173 Å². The minimum atomic E-state index is -0.393. The largest absolute Gasteiger partial charge is 0.508 e. The van der Waals surface area contributed by atoms with Crippen molar-refractivity contribution in [2.45, 2.75) is 6.42 Å². The number of aliphatic hydroxyl groups is 2. The molecule has 3 aromatic rings. The van der Waals surface area contributed by atoms with Gasteiger partial charge in [0, 0.05) is 31.8 Å². The maximum absolute atomic E-state index is 12.8. The van der Waals surface area contributed by atoms with Gasteiger partial charge in [-0.1, -0.05) is 12.1 Å². The number of rotatable bonds is 10. The van der Waals surface area contributed by atoms with E-state index in [1.54, 1.807) is 24.3 Å². The van der Waals surface area contributed by atoms with Crippen LogP contribution in [0.25, 0.3) is 22.1 Å². The van der Waals surface area contributed by atoms with Crippen LogP contribution >= 0.6 is 0 Å². The lowest BCUT2D eigenvalue weighted by atomic mass is 10.0. The summed E-state index contributed by atoms with van der Waals surface area (Å²) in [5.74, 6) is 0.123. The van der Waals surface area contributed by atoms with Gasteiger partial charge in [-0.25, -0.2) is 0 Å². The van der Waals surface area contributed by atoms with E-state index in [2.05, 4.69) is 0 Å².